The second-order valence-corrected chi connectivity index (χ2v) is 4.92. The van der Waals surface area contributed by atoms with E-state index >= 15 is 0 Å². The summed E-state index contributed by atoms with van der Waals surface area (Å²) in [6.45, 7) is 5.25. The summed E-state index contributed by atoms with van der Waals surface area (Å²) in [4.78, 5) is 0. The SMILES string of the molecule is Cc1ccc([C@@H](C)NCC(O)Cn2cccn2)cc1. The molecule has 0 fully saturated rings. The van der Waals surface area contributed by atoms with Crippen LogP contribution in [0.5, 0.6) is 0 Å². The first kappa shape index (κ1) is 13.8. The first-order valence-electron chi connectivity index (χ1n) is 6.60. The molecule has 2 atom stereocenters. The Labute approximate surface area is 114 Å². The van der Waals surface area contributed by atoms with Gasteiger partial charge >= 0.3 is 0 Å². The third-order valence-electron chi connectivity index (χ3n) is 3.19. The fourth-order valence-electron chi connectivity index (χ4n) is 1.97. The van der Waals surface area contributed by atoms with Crippen molar-refractivity contribution in [3.05, 3.63) is 53.9 Å². The lowest BCUT2D eigenvalue weighted by molar-refractivity contribution is 0.143. The molecule has 19 heavy (non-hydrogen) atoms. The molecule has 0 amide bonds. The Morgan fingerprint density at radius 1 is 1.32 bits per heavy atom. The minimum absolute atomic E-state index is 0.230. The number of aliphatic hydroxyl groups excluding tert-OH is 1. The van der Waals surface area contributed by atoms with Gasteiger partial charge in [-0.3, -0.25) is 4.68 Å². The highest BCUT2D eigenvalue weighted by atomic mass is 16.3. The number of nitrogens with one attached hydrogen (secondary N) is 1. The Morgan fingerprint density at radius 2 is 2.05 bits per heavy atom. The standard InChI is InChI=1S/C15H21N3O/c1-12-4-6-14(7-5-12)13(2)16-10-15(19)11-18-9-3-8-17-18/h3-9,13,15-16,19H,10-11H2,1-2H3/t13-,15?/m1/s1. The highest BCUT2D eigenvalue weighted by Gasteiger charge is 2.09. The quantitative estimate of drug-likeness (QED) is 0.833. The fraction of sp³-hybridized carbons (Fsp3) is 0.400. The summed E-state index contributed by atoms with van der Waals surface area (Å²) in [6, 6.07) is 10.5. The van der Waals surface area contributed by atoms with Gasteiger partial charge in [-0.15, -0.1) is 0 Å². The molecule has 1 aromatic carbocycles. The molecule has 2 aromatic rings. The molecule has 0 aliphatic carbocycles. The van der Waals surface area contributed by atoms with Gasteiger partial charge in [0, 0.05) is 25.0 Å². The number of nitrogens with zero attached hydrogens (tertiary/aromatic N) is 2. The Bertz CT molecular complexity index is 479. The van der Waals surface area contributed by atoms with Gasteiger partial charge in [-0.1, -0.05) is 29.8 Å². The van der Waals surface area contributed by atoms with Crippen LogP contribution >= 0.6 is 0 Å². The van der Waals surface area contributed by atoms with Crippen LogP contribution in [0.1, 0.15) is 24.1 Å². The highest BCUT2D eigenvalue weighted by molar-refractivity contribution is 5.23. The van der Waals surface area contributed by atoms with Crippen molar-refractivity contribution in [2.24, 2.45) is 0 Å². The molecule has 1 heterocycles. The van der Waals surface area contributed by atoms with Crippen molar-refractivity contribution in [1.82, 2.24) is 15.1 Å². The summed E-state index contributed by atoms with van der Waals surface area (Å²) in [6.07, 6.45) is 3.13. The van der Waals surface area contributed by atoms with E-state index in [2.05, 4.69) is 48.5 Å². The van der Waals surface area contributed by atoms with Gasteiger partial charge in [0.1, 0.15) is 0 Å². The third kappa shape index (κ3) is 4.19. The zero-order valence-corrected chi connectivity index (χ0v) is 11.5. The lowest BCUT2D eigenvalue weighted by Crippen LogP contribution is -2.32. The van der Waals surface area contributed by atoms with E-state index in [0.29, 0.717) is 13.1 Å². The molecule has 2 N–H and O–H groups in total. The number of aryl methyl sites for hydroxylation is 1. The van der Waals surface area contributed by atoms with Gasteiger partial charge in [-0.25, -0.2) is 0 Å². The number of aliphatic hydroxyl groups is 1. The van der Waals surface area contributed by atoms with Crippen molar-refractivity contribution < 1.29 is 5.11 Å². The van der Waals surface area contributed by atoms with E-state index in [0.717, 1.165) is 0 Å². The van der Waals surface area contributed by atoms with Crippen molar-refractivity contribution >= 4 is 0 Å². The first-order valence-corrected chi connectivity index (χ1v) is 6.60. The van der Waals surface area contributed by atoms with E-state index in [1.165, 1.54) is 11.1 Å². The average Bonchev–Trinajstić information content (AvgIpc) is 2.89. The topological polar surface area (TPSA) is 50.1 Å². The second-order valence-electron chi connectivity index (χ2n) is 4.92. The van der Waals surface area contributed by atoms with Crippen LogP contribution in [0.4, 0.5) is 0 Å². The van der Waals surface area contributed by atoms with E-state index in [-0.39, 0.29) is 6.04 Å². The van der Waals surface area contributed by atoms with Gasteiger partial charge in [0.2, 0.25) is 0 Å². The van der Waals surface area contributed by atoms with Crippen LogP contribution in [0.2, 0.25) is 0 Å². The molecule has 1 unspecified atom stereocenters. The second kappa shape index (κ2) is 6.50. The normalized spacial score (nSPS) is 14.3. The van der Waals surface area contributed by atoms with Gasteiger partial charge in [-0.2, -0.15) is 5.10 Å². The monoisotopic (exact) mass is 259 g/mol. The molecule has 2 rings (SSSR count). The highest BCUT2D eigenvalue weighted by Crippen LogP contribution is 2.12. The zero-order valence-electron chi connectivity index (χ0n) is 11.5. The van der Waals surface area contributed by atoms with E-state index in [9.17, 15) is 5.11 Å². The molecule has 102 valence electrons. The predicted octanol–water partition coefficient (Wildman–Crippen LogP) is 1.90. The summed E-state index contributed by atoms with van der Waals surface area (Å²) < 4.78 is 1.74. The lowest BCUT2D eigenvalue weighted by atomic mass is 10.1. The van der Waals surface area contributed by atoms with Crippen LogP contribution in [-0.4, -0.2) is 27.5 Å². The van der Waals surface area contributed by atoms with Crippen LogP contribution in [0.25, 0.3) is 0 Å². The maximum absolute atomic E-state index is 9.94. The smallest absolute Gasteiger partial charge is 0.0860 e. The van der Waals surface area contributed by atoms with Gasteiger partial charge < -0.3 is 10.4 Å². The summed E-state index contributed by atoms with van der Waals surface area (Å²) in [5.74, 6) is 0. The molecule has 0 aliphatic heterocycles. The van der Waals surface area contributed by atoms with Gasteiger partial charge in [-0.05, 0) is 25.5 Å². The molecule has 4 heteroatoms. The molecule has 1 aromatic heterocycles. The number of aromatic nitrogens is 2. The summed E-state index contributed by atoms with van der Waals surface area (Å²) in [7, 11) is 0. The van der Waals surface area contributed by atoms with Crippen LogP contribution < -0.4 is 5.32 Å². The molecular formula is C15H21N3O. The predicted molar refractivity (Wildman–Crippen MR) is 75.8 cm³/mol. The fourth-order valence-corrected chi connectivity index (χ4v) is 1.97. The van der Waals surface area contributed by atoms with Crippen LogP contribution in [0.15, 0.2) is 42.7 Å². The van der Waals surface area contributed by atoms with Gasteiger partial charge in [0.25, 0.3) is 0 Å². The number of hydrogen-bond donors (Lipinski definition) is 2. The van der Waals surface area contributed by atoms with Crippen LogP contribution in [0, 0.1) is 6.92 Å². The van der Waals surface area contributed by atoms with E-state index in [1.54, 1.807) is 10.9 Å². The molecule has 0 saturated carbocycles. The van der Waals surface area contributed by atoms with Crippen molar-refractivity contribution in [3.63, 3.8) is 0 Å². The minimum atomic E-state index is -0.437. The van der Waals surface area contributed by atoms with Crippen molar-refractivity contribution in [1.29, 1.82) is 0 Å². The Morgan fingerprint density at radius 3 is 2.68 bits per heavy atom. The third-order valence-corrected chi connectivity index (χ3v) is 3.19. The molecule has 0 aliphatic rings. The molecule has 0 radical (unpaired) electrons. The molecular weight excluding hydrogens is 238 g/mol. The Kier molecular flexibility index (Phi) is 4.71. The summed E-state index contributed by atoms with van der Waals surface area (Å²) in [5.41, 5.74) is 2.49. The van der Waals surface area contributed by atoms with E-state index in [4.69, 9.17) is 0 Å². The van der Waals surface area contributed by atoms with E-state index < -0.39 is 6.10 Å². The maximum atomic E-state index is 9.94. The van der Waals surface area contributed by atoms with Gasteiger partial charge in [0.05, 0.1) is 12.6 Å². The summed E-state index contributed by atoms with van der Waals surface area (Å²) in [5, 5.41) is 17.4. The average molecular weight is 259 g/mol. The zero-order chi connectivity index (χ0) is 13.7. The van der Waals surface area contributed by atoms with Crippen molar-refractivity contribution in [2.75, 3.05) is 6.54 Å². The molecule has 0 saturated heterocycles. The van der Waals surface area contributed by atoms with Crippen molar-refractivity contribution in [2.45, 2.75) is 32.5 Å². The Balaban J connectivity index is 1.79. The molecule has 0 bridgehead atoms. The molecule has 0 spiro atoms. The maximum Gasteiger partial charge on any atom is 0.0860 e. The van der Waals surface area contributed by atoms with Crippen LogP contribution in [-0.2, 0) is 6.54 Å². The number of rotatable bonds is 6. The summed E-state index contributed by atoms with van der Waals surface area (Å²) >= 11 is 0. The Hall–Kier alpha value is -1.65. The largest absolute Gasteiger partial charge is 0.390 e. The van der Waals surface area contributed by atoms with Gasteiger partial charge in [0.15, 0.2) is 0 Å². The number of benzene rings is 1. The van der Waals surface area contributed by atoms with E-state index in [1.807, 2.05) is 12.3 Å². The lowest BCUT2D eigenvalue weighted by Gasteiger charge is -2.17. The van der Waals surface area contributed by atoms with Crippen molar-refractivity contribution in [3.8, 4) is 0 Å². The first-order chi connectivity index (χ1) is 9.15. The number of hydrogen-bond acceptors (Lipinski definition) is 3. The molecule has 4 nitrogen and oxygen atoms in total. The minimum Gasteiger partial charge on any atom is -0.390 e. The van der Waals surface area contributed by atoms with Crippen LogP contribution in [0.3, 0.4) is 0 Å².